The van der Waals surface area contributed by atoms with Crippen LogP contribution in [0.25, 0.3) is 11.0 Å². The summed E-state index contributed by atoms with van der Waals surface area (Å²) in [6, 6.07) is 5.24. The Kier molecular flexibility index (Phi) is 2.36. The lowest BCUT2D eigenvalue weighted by atomic mass is 10.1. The molecular weight excluding hydrogens is 212 g/mol. The maximum Gasteiger partial charge on any atom is 0.339 e. The first-order chi connectivity index (χ1) is 7.61. The second kappa shape index (κ2) is 3.69. The van der Waals surface area contributed by atoms with E-state index in [1.807, 2.05) is 0 Å². The summed E-state index contributed by atoms with van der Waals surface area (Å²) in [5, 5.41) is 9.81. The van der Waals surface area contributed by atoms with Crippen molar-refractivity contribution in [2.45, 2.75) is 0 Å². The van der Waals surface area contributed by atoms with Crippen LogP contribution in [-0.4, -0.2) is 18.2 Å². The van der Waals surface area contributed by atoms with E-state index in [4.69, 9.17) is 4.42 Å². The van der Waals surface area contributed by atoms with Crippen LogP contribution in [0.5, 0.6) is 5.75 Å². The highest BCUT2D eigenvalue weighted by Crippen LogP contribution is 2.23. The van der Waals surface area contributed by atoms with Gasteiger partial charge in [0.25, 0.3) is 0 Å². The van der Waals surface area contributed by atoms with Gasteiger partial charge in [-0.2, -0.15) is 0 Å². The third-order valence-corrected chi connectivity index (χ3v) is 2.14. The maximum absolute atomic E-state index is 11.2. The predicted octanol–water partition coefficient (Wildman–Crippen LogP) is 1.29. The van der Waals surface area contributed by atoms with E-state index in [9.17, 15) is 14.7 Å². The maximum atomic E-state index is 11.2. The minimum Gasteiger partial charge on any atom is -0.507 e. The molecule has 16 heavy (non-hydrogen) atoms. The molecule has 0 saturated carbocycles. The van der Waals surface area contributed by atoms with Crippen molar-refractivity contribution in [2.24, 2.45) is 0 Å². The smallest absolute Gasteiger partial charge is 0.339 e. The molecule has 5 nitrogen and oxygen atoms in total. The molecule has 0 bridgehead atoms. The Morgan fingerprint density at radius 1 is 1.38 bits per heavy atom. The molecule has 1 heterocycles. The molecule has 0 atom stereocenters. The highest BCUT2D eigenvalue weighted by Gasteiger charge is 2.10. The van der Waals surface area contributed by atoms with Gasteiger partial charge in [0.1, 0.15) is 11.3 Å². The quantitative estimate of drug-likeness (QED) is 0.578. The fourth-order valence-electron chi connectivity index (χ4n) is 1.39. The summed E-state index contributed by atoms with van der Waals surface area (Å²) >= 11 is 0. The van der Waals surface area contributed by atoms with Gasteiger partial charge in [-0.1, -0.05) is 0 Å². The first-order valence-electron chi connectivity index (χ1n) is 4.47. The number of ether oxygens (including phenoxy) is 1. The molecule has 0 aliphatic rings. The lowest BCUT2D eigenvalue weighted by molar-refractivity contribution is 0.0601. The summed E-state index contributed by atoms with van der Waals surface area (Å²) in [6.45, 7) is 0. The van der Waals surface area contributed by atoms with Crippen molar-refractivity contribution in [3.8, 4) is 5.75 Å². The van der Waals surface area contributed by atoms with Gasteiger partial charge in [0, 0.05) is 0 Å². The first kappa shape index (κ1) is 10.2. The number of aromatic hydroxyl groups is 1. The summed E-state index contributed by atoms with van der Waals surface area (Å²) in [7, 11) is 1.26. The van der Waals surface area contributed by atoms with Crippen molar-refractivity contribution < 1.29 is 19.1 Å². The van der Waals surface area contributed by atoms with Gasteiger partial charge in [-0.25, -0.2) is 9.59 Å². The Morgan fingerprint density at radius 2 is 2.12 bits per heavy atom. The SMILES string of the molecule is COC(=O)c1ccc2oc(=O)cc(O)c2c1. The molecule has 5 heteroatoms. The number of benzene rings is 1. The van der Waals surface area contributed by atoms with Crippen molar-refractivity contribution in [3.63, 3.8) is 0 Å². The number of hydrogen-bond donors (Lipinski definition) is 1. The Labute approximate surface area is 89.9 Å². The standard InChI is InChI=1S/C11H8O5/c1-15-11(14)6-2-3-9-7(4-6)8(12)5-10(13)16-9/h2-5,12H,1H3. The second-order valence-corrected chi connectivity index (χ2v) is 3.15. The Balaban J connectivity index is 2.71. The molecule has 0 fully saturated rings. The van der Waals surface area contributed by atoms with Crippen LogP contribution < -0.4 is 5.63 Å². The Morgan fingerprint density at radius 3 is 2.81 bits per heavy atom. The predicted molar refractivity (Wildman–Crippen MR) is 55.5 cm³/mol. The topological polar surface area (TPSA) is 76.7 Å². The summed E-state index contributed by atoms with van der Waals surface area (Å²) in [6.07, 6.45) is 0. The van der Waals surface area contributed by atoms with Crippen molar-refractivity contribution in [3.05, 3.63) is 40.2 Å². The lowest BCUT2D eigenvalue weighted by Gasteiger charge is -2.02. The number of carbonyl (C=O) groups is 1. The van der Waals surface area contributed by atoms with Crippen LogP contribution in [0, 0.1) is 0 Å². The van der Waals surface area contributed by atoms with Gasteiger partial charge in [0.05, 0.1) is 24.1 Å². The molecular formula is C11H8O5. The average molecular weight is 220 g/mol. The summed E-state index contributed by atoms with van der Waals surface area (Å²) < 4.78 is 9.38. The molecule has 0 amide bonds. The molecule has 1 aromatic heterocycles. The number of hydrogen-bond acceptors (Lipinski definition) is 5. The van der Waals surface area contributed by atoms with E-state index in [1.54, 1.807) is 0 Å². The Hall–Kier alpha value is -2.30. The largest absolute Gasteiger partial charge is 0.507 e. The van der Waals surface area contributed by atoms with Gasteiger partial charge in [-0.15, -0.1) is 0 Å². The molecule has 2 rings (SSSR count). The van der Waals surface area contributed by atoms with E-state index in [0.29, 0.717) is 5.39 Å². The zero-order valence-electron chi connectivity index (χ0n) is 8.39. The molecule has 0 radical (unpaired) electrons. The number of rotatable bonds is 1. The van der Waals surface area contributed by atoms with Gasteiger partial charge in [-0.05, 0) is 18.2 Å². The molecule has 1 aromatic carbocycles. The molecule has 0 spiro atoms. The fourth-order valence-corrected chi connectivity index (χ4v) is 1.39. The normalized spacial score (nSPS) is 10.3. The van der Waals surface area contributed by atoms with Crippen LogP contribution in [0.1, 0.15) is 10.4 Å². The van der Waals surface area contributed by atoms with E-state index < -0.39 is 11.6 Å². The minimum absolute atomic E-state index is 0.220. The number of esters is 1. The number of carbonyl (C=O) groups excluding carboxylic acids is 1. The molecule has 1 N–H and O–H groups in total. The van der Waals surface area contributed by atoms with E-state index >= 15 is 0 Å². The van der Waals surface area contributed by atoms with Crippen LogP contribution in [0.15, 0.2) is 33.5 Å². The lowest BCUT2D eigenvalue weighted by Crippen LogP contribution is -2.01. The van der Waals surface area contributed by atoms with Gasteiger partial charge < -0.3 is 14.3 Å². The van der Waals surface area contributed by atoms with E-state index in [-0.39, 0.29) is 16.9 Å². The van der Waals surface area contributed by atoms with Crippen molar-refractivity contribution in [1.29, 1.82) is 0 Å². The number of fused-ring (bicyclic) bond motifs is 1. The van der Waals surface area contributed by atoms with Gasteiger partial charge in [0.15, 0.2) is 0 Å². The first-order valence-corrected chi connectivity index (χ1v) is 4.47. The van der Waals surface area contributed by atoms with Gasteiger partial charge >= 0.3 is 11.6 Å². The van der Waals surface area contributed by atoms with Crippen LogP contribution >= 0.6 is 0 Å². The zero-order chi connectivity index (χ0) is 11.7. The average Bonchev–Trinajstić information content (AvgIpc) is 2.27. The van der Waals surface area contributed by atoms with Crippen LogP contribution in [0.3, 0.4) is 0 Å². The number of methoxy groups -OCH3 is 1. The summed E-state index contributed by atoms with van der Waals surface area (Å²) in [4.78, 5) is 22.2. The molecule has 0 unspecified atom stereocenters. The van der Waals surface area contributed by atoms with Gasteiger partial charge in [0.2, 0.25) is 0 Å². The van der Waals surface area contributed by atoms with Crippen LogP contribution in [0.2, 0.25) is 0 Å². The van der Waals surface area contributed by atoms with E-state index in [2.05, 4.69) is 4.74 Å². The summed E-state index contributed by atoms with van der Waals surface area (Å²) in [5.41, 5.74) is -0.146. The monoisotopic (exact) mass is 220 g/mol. The van der Waals surface area contributed by atoms with Crippen LogP contribution in [0.4, 0.5) is 0 Å². The minimum atomic E-state index is -0.643. The molecule has 0 saturated heterocycles. The third-order valence-electron chi connectivity index (χ3n) is 2.14. The third kappa shape index (κ3) is 1.63. The molecule has 82 valence electrons. The highest BCUT2D eigenvalue weighted by atomic mass is 16.5. The van der Waals surface area contributed by atoms with Gasteiger partial charge in [-0.3, -0.25) is 0 Å². The van der Waals surface area contributed by atoms with Crippen molar-refractivity contribution in [1.82, 2.24) is 0 Å². The second-order valence-electron chi connectivity index (χ2n) is 3.15. The zero-order valence-corrected chi connectivity index (χ0v) is 8.39. The molecule has 2 aromatic rings. The van der Waals surface area contributed by atoms with Crippen molar-refractivity contribution >= 4 is 16.9 Å². The molecule has 0 aliphatic heterocycles. The highest BCUT2D eigenvalue weighted by molar-refractivity contribution is 5.95. The fraction of sp³-hybridized carbons (Fsp3) is 0.0909. The van der Waals surface area contributed by atoms with E-state index in [1.165, 1.54) is 25.3 Å². The van der Waals surface area contributed by atoms with E-state index in [0.717, 1.165) is 6.07 Å². The summed E-state index contributed by atoms with van der Waals surface area (Å²) in [5.74, 6) is -0.746. The molecule has 0 aliphatic carbocycles. The Bertz CT molecular complexity index is 611. The van der Waals surface area contributed by atoms with Crippen LogP contribution in [-0.2, 0) is 4.74 Å². The van der Waals surface area contributed by atoms with Crippen molar-refractivity contribution in [2.75, 3.05) is 7.11 Å².